The Morgan fingerprint density at radius 3 is 1.28 bits per heavy atom. The van der Waals surface area contributed by atoms with Gasteiger partial charge < -0.3 is 36.1 Å². The Labute approximate surface area is 626 Å². The zero-order valence-corrected chi connectivity index (χ0v) is 65.6. The van der Waals surface area contributed by atoms with E-state index < -0.39 is 20.0 Å². The first kappa shape index (κ1) is 86.7. The molecule has 1 unspecified atom stereocenters. The molecule has 4 N–H and O–H groups in total. The molecule has 10 rings (SSSR count). The molecule has 5 aromatic carbocycles. The van der Waals surface area contributed by atoms with Gasteiger partial charge in [0, 0.05) is 186 Å². The van der Waals surface area contributed by atoms with E-state index in [4.69, 9.17) is 11.5 Å². The van der Waals surface area contributed by atoms with E-state index in [1.807, 2.05) is 140 Å². The molecule has 0 saturated carbocycles. The van der Waals surface area contributed by atoms with Crippen LogP contribution in [0.25, 0.3) is 56.3 Å². The van der Waals surface area contributed by atoms with Crippen LogP contribution in [0.3, 0.4) is 0 Å². The Morgan fingerprint density at radius 1 is 0.473 bits per heavy atom. The largest absolute Gasteiger partial charge is 0.614 e. The van der Waals surface area contributed by atoms with Crippen LogP contribution in [0.5, 0.6) is 5.75 Å². The van der Waals surface area contributed by atoms with Gasteiger partial charge in [0.2, 0.25) is 0 Å². The minimum Gasteiger partial charge on any atom is -0.550 e. The molecule has 93 heavy (non-hydrogen) atoms. The zero-order valence-electron chi connectivity index (χ0n) is 50.2. The third-order valence-corrected chi connectivity index (χ3v) is 13.9. The molecular formula is C69H64B2BrF5Ir3N7O2P2Pt2-5. The summed E-state index contributed by atoms with van der Waals surface area (Å²) in [4.78, 5) is 22.0. The average Bonchev–Trinajstić information content (AvgIpc) is 2.74. The molecule has 0 spiro atoms. The van der Waals surface area contributed by atoms with Crippen molar-refractivity contribution < 1.29 is 134 Å². The number of alkyl halides is 4. The van der Waals surface area contributed by atoms with Crippen molar-refractivity contribution in [3.63, 3.8) is 0 Å². The third-order valence-electron chi connectivity index (χ3n) is 12.5. The molecule has 0 bridgehead atoms. The quantitative estimate of drug-likeness (QED) is 0.0293. The van der Waals surface area contributed by atoms with Gasteiger partial charge in [0.25, 0.3) is 0 Å². The van der Waals surface area contributed by atoms with Crippen LogP contribution in [-0.2, 0) is 164 Å². The number of nitrogens with two attached hydrogens (primary N) is 2. The summed E-state index contributed by atoms with van der Waals surface area (Å²) < 4.78 is 77.3. The summed E-state index contributed by atoms with van der Waals surface area (Å²) in [7, 11) is 4.96. The van der Waals surface area contributed by atoms with E-state index in [9.17, 15) is 26.4 Å². The fourth-order valence-electron chi connectivity index (χ4n) is 8.37. The summed E-state index contributed by atoms with van der Waals surface area (Å²) >= 11 is 3.44. The first-order valence-corrected chi connectivity index (χ1v) is 30.8. The van der Waals surface area contributed by atoms with E-state index in [0.717, 1.165) is 107 Å². The van der Waals surface area contributed by atoms with Crippen molar-refractivity contribution in [2.24, 2.45) is 11.5 Å². The molecule has 24 heteroatoms. The second-order valence-electron chi connectivity index (χ2n) is 19.0. The molecule has 0 amide bonds. The van der Waals surface area contributed by atoms with Crippen molar-refractivity contribution in [1.82, 2.24) is 24.9 Å². The van der Waals surface area contributed by atoms with E-state index in [-0.39, 0.29) is 138 Å². The smallest absolute Gasteiger partial charge is 0.550 e. The SMILES string of the molecule is C[B]Cc1[c-]c(-c2cccc(CCF)n2)ccc1.FCCc1cc(Br)cc(-c2[c-]c(CP)ccc2)n1.F[B]Oc1[c-]c(-c2cccc(CCF)n2)ccc1.NCc1[c-]c(-c2cccc(CN)n2)ccc1.O=PCc1[c-]c(-c2cccc(CCF)n2)ccc1.[Ir].[Ir].[Ir].[Pt].[Pt]. The molecule has 5 heterocycles. The Morgan fingerprint density at radius 2 is 0.839 bits per heavy atom. The summed E-state index contributed by atoms with van der Waals surface area (Å²) in [6.07, 6.45) is 3.52. The maximum absolute atomic E-state index is 12.4. The van der Waals surface area contributed by atoms with Crippen LogP contribution in [0, 0.1) is 30.3 Å². The predicted octanol–water partition coefficient (Wildman–Crippen LogP) is 15.8. The summed E-state index contributed by atoms with van der Waals surface area (Å²) in [5, 5.41) is 0. The first-order chi connectivity index (χ1) is 43.0. The topological polar surface area (TPSA) is 143 Å². The number of rotatable bonds is 22. The molecule has 1 atom stereocenters. The molecule has 9 nitrogen and oxygen atoms in total. The molecule has 0 aliphatic rings. The average molecular weight is 2250 g/mol. The summed E-state index contributed by atoms with van der Waals surface area (Å²) in [6, 6.07) is 70.8. The van der Waals surface area contributed by atoms with Gasteiger partial charge in [0.05, 0.1) is 26.7 Å². The van der Waals surface area contributed by atoms with Gasteiger partial charge in [-0.25, -0.2) is 0 Å². The normalized spacial score (nSPS) is 9.87. The number of hydrogen-bond donors (Lipinski definition) is 2. The van der Waals surface area contributed by atoms with Crippen LogP contribution >= 0.6 is 33.6 Å². The predicted molar refractivity (Wildman–Crippen MR) is 352 cm³/mol. The zero-order chi connectivity index (χ0) is 62.7. The first-order valence-electron chi connectivity index (χ1n) is 28.1. The van der Waals surface area contributed by atoms with Crippen LogP contribution in [0.2, 0.25) is 6.82 Å². The maximum atomic E-state index is 12.4. The molecule has 10 aromatic rings. The Hall–Kier alpha value is -4.32. The molecule has 0 saturated heterocycles. The number of benzene rings is 5. The Kier molecular flexibility index (Phi) is 46.7. The second-order valence-corrected chi connectivity index (χ2v) is 20.9. The van der Waals surface area contributed by atoms with Gasteiger partial charge in [-0.1, -0.05) is 89.7 Å². The minimum absolute atomic E-state index is 0. The van der Waals surface area contributed by atoms with Gasteiger partial charge in [-0.15, -0.1) is 175 Å². The molecule has 5 aromatic heterocycles. The maximum Gasteiger partial charge on any atom is 0.614 e. The number of hydrogen-bond acceptors (Lipinski definition) is 9. The van der Waals surface area contributed by atoms with Crippen molar-refractivity contribution in [2.75, 3.05) is 26.7 Å². The van der Waals surface area contributed by atoms with Crippen molar-refractivity contribution >= 4 is 48.7 Å². The van der Waals surface area contributed by atoms with Gasteiger partial charge in [-0.05, 0) is 65.0 Å². The Balaban J connectivity index is 0.000000574. The second kappa shape index (κ2) is 50.1. The van der Waals surface area contributed by atoms with Gasteiger partial charge in [0.1, 0.15) is 7.28 Å². The van der Waals surface area contributed by atoms with Crippen molar-refractivity contribution in [3.8, 4) is 62.0 Å². The van der Waals surface area contributed by atoms with Gasteiger partial charge in [0.15, 0.2) is 8.46 Å². The van der Waals surface area contributed by atoms with Crippen LogP contribution in [0.4, 0.5) is 21.9 Å². The Bertz CT molecular complexity index is 3530. The number of halogens is 6. The van der Waals surface area contributed by atoms with E-state index in [2.05, 4.69) is 98.4 Å². The third kappa shape index (κ3) is 30.8. The summed E-state index contributed by atoms with van der Waals surface area (Å²) in [5.74, 6) is 0.271. The number of nitrogens with zero attached hydrogens (tertiary/aromatic N) is 5. The van der Waals surface area contributed by atoms with Crippen LogP contribution in [0.15, 0.2) is 180 Å². The molecule has 0 aliphatic carbocycles. The monoisotopic (exact) mass is 2250 g/mol. The van der Waals surface area contributed by atoms with Gasteiger partial charge >= 0.3 is 7.76 Å². The molecule has 497 valence electrons. The van der Waals surface area contributed by atoms with E-state index in [1.54, 1.807) is 36.4 Å². The van der Waals surface area contributed by atoms with Crippen LogP contribution in [0.1, 0.15) is 50.7 Å². The molecule has 0 fully saturated rings. The van der Waals surface area contributed by atoms with Crippen molar-refractivity contribution in [3.05, 3.63) is 261 Å². The van der Waals surface area contributed by atoms with Crippen molar-refractivity contribution in [1.29, 1.82) is 0 Å². The van der Waals surface area contributed by atoms with Crippen molar-refractivity contribution in [2.45, 2.75) is 64.2 Å². The van der Waals surface area contributed by atoms with Gasteiger partial charge in [-0.2, -0.15) is 0 Å². The minimum atomic E-state index is -0.444. The van der Waals surface area contributed by atoms with E-state index in [1.165, 1.54) is 0 Å². The van der Waals surface area contributed by atoms with E-state index >= 15 is 0 Å². The molecule has 0 aliphatic heterocycles. The van der Waals surface area contributed by atoms with Gasteiger partial charge in [-0.3, -0.25) is 31.4 Å². The fourth-order valence-corrected chi connectivity index (χ4v) is 9.41. The number of pyridine rings is 5. The number of aryl methyl sites for hydroxylation is 4. The number of aromatic nitrogens is 5. The molecular weight excluding hydrogens is 2180 g/mol. The fraction of sp³-hybridized carbons (Fsp3) is 0.203. The summed E-state index contributed by atoms with van der Waals surface area (Å²) in [5.41, 5.74) is 27.5. The van der Waals surface area contributed by atoms with E-state index in [0.29, 0.717) is 55.5 Å². The van der Waals surface area contributed by atoms with Crippen LogP contribution in [-0.4, -0.2) is 66.7 Å². The molecule has 5 radical (unpaired) electrons. The van der Waals surface area contributed by atoms with Crippen LogP contribution < -0.4 is 16.1 Å². The summed E-state index contributed by atoms with van der Waals surface area (Å²) in [6.45, 7) is 1.36. The standard InChI is InChI=1S/C15H15BFN.C14H13BrFNP.C14H12FNOP.C13H10BF2NO.C13H14N3.3Ir.2Pt/c1-16-11-12-4-2-5-13(10-12)15-7-3-6-14(18-15)8-9-17;15-12-7-13(4-5-16)17-14(8-12)11-3-1-2-10(6-11)9-18;15-8-7-13-5-2-6-14(16-13)12-4-1-3-11(9-12)10-18-17;15-8-7-11-4-2-6-13(17-11)10-3-1-5-12(9-10)18-14-16;14-8-10-3-1-4-11(7-10)13-6-2-5-12(9-15)16-13;;;;;/h2-7H,8-9,11H2,1H3;1-3,7-8H,4-5,9,18H2;1-6H,7-8,10H2;1-6H,7-8H2;1-6H,8-9,14-15H2;;;;;/q5*-1;;;;;.